The Morgan fingerprint density at radius 1 is 1.37 bits per heavy atom. The molecule has 0 aliphatic heterocycles. The molecule has 11 heteroatoms. The molecule has 0 saturated heterocycles. The highest BCUT2D eigenvalue weighted by Gasteiger charge is 2.21. The van der Waals surface area contributed by atoms with E-state index >= 15 is 0 Å². The van der Waals surface area contributed by atoms with E-state index < -0.39 is 5.92 Å². The Balaban J connectivity index is 2.06. The number of nitrogens with one attached hydrogen (secondary N) is 3. The van der Waals surface area contributed by atoms with Crippen LogP contribution in [0.1, 0.15) is 32.6 Å². The molecule has 0 aliphatic rings. The van der Waals surface area contributed by atoms with Gasteiger partial charge < -0.3 is 9.88 Å². The Kier molecular flexibility index (Phi) is 7.29. The van der Waals surface area contributed by atoms with Crippen molar-refractivity contribution in [1.82, 2.24) is 30.4 Å². The minimum atomic E-state index is -0.552. The number of anilines is 2. The van der Waals surface area contributed by atoms with Crippen LogP contribution in [0, 0.1) is 5.92 Å². The van der Waals surface area contributed by atoms with Gasteiger partial charge in [0.15, 0.2) is 17.0 Å². The summed E-state index contributed by atoms with van der Waals surface area (Å²) in [7, 11) is 3.66. The molecule has 0 unspecified atom stereocenters. The van der Waals surface area contributed by atoms with Crippen molar-refractivity contribution in [3.8, 4) is 0 Å². The zero-order valence-electron chi connectivity index (χ0n) is 15.8. The van der Waals surface area contributed by atoms with Gasteiger partial charge in [-0.2, -0.15) is 9.97 Å². The molecule has 148 valence electrons. The average molecular weight is 378 g/mol. The van der Waals surface area contributed by atoms with E-state index in [-0.39, 0.29) is 24.8 Å². The normalized spacial score (nSPS) is 11.9. The fourth-order valence-corrected chi connectivity index (χ4v) is 2.62. The molecule has 2 aromatic rings. The number of H-pyrrole nitrogens is 1. The fourth-order valence-electron chi connectivity index (χ4n) is 2.62. The maximum atomic E-state index is 12.5. The quantitative estimate of drug-likeness (QED) is 0.196. The summed E-state index contributed by atoms with van der Waals surface area (Å²) in [5, 5.41) is 9.91. The molecule has 11 nitrogen and oxygen atoms in total. The summed E-state index contributed by atoms with van der Waals surface area (Å²) in [6.07, 6.45) is 5.15. The van der Waals surface area contributed by atoms with E-state index in [1.54, 1.807) is 4.90 Å². The van der Waals surface area contributed by atoms with Gasteiger partial charge in [0, 0.05) is 14.1 Å². The van der Waals surface area contributed by atoms with Crippen molar-refractivity contribution in [2.45, 2.75) is 32.6 Å². The highest BCUT2D eigenvalue weighted by atomic mass is 16.5. The standard InChI is InChI=1S/C16H26N8O3/c1-4-5-6-7-11(8-24(27)10-25)15(26)21-22-16-19-13-12(17-9-18-13)14(20-16)23(2)3/h9-11,27H,4-8H2,1-3H3,(H,21,26)(H2,17,18,19,20,22)/t11-/m0/s1. The van der Waals surface area contributed by atoms with E-state index in [2.05, 4.69) is 37.7 Å². The predicted octanol–water partition coefficient (Wildman–Crippen LogP) is 0.906. The minimum absolute atomic E-state index is 0.0793. The molecule has 2 amide bonds. The first-order chi connectivity index (χ1) is 13.0. The summed E-state index contributed by atoms with van der Waals surface area (Å²) in [4.78, 5) is 40.6. The first-order valence-corrected chi connectivity index (χ1v) is 8.81. The highest BCUT2D eigenvalue weighted by Crippen LogP contribution is 2.20. The molecule has 2 aromatic heterocycles. The lowest BCUT2D eigenvalue weighted by atomic mass is 10.0. The number of aromatic nitrogens is 4. The molecule has 2 heterocycles. The number of aromatic amines is 1. The van der Waals surface area contributed by atoms with Gasteiger partial charge in [-0.15, -0.1) is 0 Å². The molecule has 2 rings (SSSR count). The van der Waals surface area contributed by atoms with Crippen LogP contribution < -0.4 is 15.8 Å². The van der Waals surface area contributed by atoms with Gasteiger partial charge in [0.05, 0.1) is 18.8 Å². The van der Waals surface area contributed by atoms with Crippen molar-refractivity contribution in [1.29, 1.82) is 0 Å². The van der Waals surface area contributed by atoms with Crippen LogP contribution in [0.4, 0.5) is 11.8 Å². The molecular weight excluding hydrogens is 352 g/mol. The number of hydrazine groups is 1. The molecule has 0 spiro atoms. The number of imidazole rings is 1. The Morgan fingerprint density at radius 3 is 2.81 bits per heavy atom. The number of hydrogen-bond donors (Lipinski definition) is 4. The largest absolute Gasteiger partial charge is 0.361 e. The predicted molar refractivity (Wildman–Crippen MR) is 100.0 cm³/mol. The van der Waals surface area contributed by atoms with Crippen molar-refractivity contribution >= 4 is 35.2 Å². The maximum Gasteiger partial charge on any atom is 0.245 e. The molecule has 0 saturated carbocycles. The van der Waals surface area contributed by atoms with Crippen LogP contribution in [0.5, 0.6) is 0 Å². The molecule has 0 radical (unpaired) electrons. The average Bonchev–Trinajstić information content (AvgIpc) is 3.12. The van der Waals surface area contributed by atoms with Crippen molar-refractivity contribution < 1.29 is 14.8 Å². The van der Waals surface area contributed by atoms with Crippen LogP contribution in [0.15, 0.2) is 6.33 Å². The minimum Gasteiger partial charge on any atom is -0.361 e. The molecule has 27 heavy (non-hydrogen) atoms. The van der Waals surface area contributed by atoms with Crippen molar-refractivity contribution in [3.05, 3.63) is 6.33 Å². The first kappa shape index (κ1) is 20.4. The van der Waals surface area contributed by atoms with E-state index in [4.69, 9.17) is 0 Å². The van der Waals surface area contributed by atoms with Gasteiger partial charge in [-0.05, 0) is 6.42 Å². The number of fused-ring (bicyclic) bond motifs is 1. The fraction of sp³-hybridized carbons (Fsp3) is 0.562. The highest BCUT2D eigenvalue weighted by molar-refractivity contribution is 5.84. The molecule has 4 N–H and O–H groups in total. The van der Waals surface area contributed by atoms with Crippen LogP contribution in [-0.2, 0) is 9.59 Å². The Labute approximate surface area is 157 Å². The number of rotatable bonds is 11. The molecule has 0 bridgehead atoms. The second-order valence-electron chi connectivity index (χ2n) is 6.40. The lowest BCUT2D eigenvalue weighted by Crippen LogP contribution is -2.40. The third kappa shape index (κ3) is 5.51. The van der Waals surface area contributed by atoms with E-state index in [0.717, 1.165) is 19.3 Å². The summed E-state index contributed by atoms with van der Waals surface area (Å²) < 4.78 is 0. The smallest absolute Gasteiger partial charge is 0.245 e. The second kappa shape index (κ2) is 9.67. The third-order valence-corrected chi connectivity index (χ3v) is 4.04. The summed E-state index contributed by atoms with van der Waals surface area (Å²) in [5.41, 5.74) is 6.41. The van der Waals surface area contributed by atoms with Crippen molar-refractivity contribution in [2.24, 2.45) is 5.92 Å². The number of hydroxylamine groups is 2. The van der Waals surface area contributed by atoms with Gasteiger partial charge >= 0.3 is 0 Å². The van der Waals surface area contributed by atoms with Crippen LogP contribution in [0.25, 0.3) is 11.2 Å². The molecule has 0 fully saturated rings. The molecular formula is C16H26N8O3. The monoisotopic (exact) mass is 378 g/mol. The Hall–Kier alpha value is -2.95. The van der Waals surface area contributed by atoms with E-state index in [9.17, 15) is 14.8 Å². The summed E-state index contributed by atoms with van der Waals surface area (Å²) >= 11 is 0. The third-order valence-electron chi connectivity index (χ3n) is 4.04. The van der Waals surface area contributed by atoms with Gasteiger partial charge in [0.25, 0.3) is 0 Å². The number of hydrogen-bond acceptors (Lipinski definition) is 8. The molecule has 0 aromatic carbocycles. The summed E-state index contributed by atoms with van der Waals surface area (Å²) in [5.74, 6) is -0.109. The van der Waals surface area contributed by atoms with Gasteiger partial charge in [0.2, 0.25) is 18.3 Å². The number of nitrogens with zero attached hydrogens (tertiary/aromatic N) is 5. The second-order valence-corrected chi connectivity index (χ2v) is 6.40. The van der Waals surface area contributed by atoms with Crippen LogP contribution in [0.3, 0.4) is 0 Å². The molecule has 0 aliphatic carbocycles. The van der Waals surface area contributed by atoms with Crippen LogP contribution in [-0.4, -0.2) is 63.2 Å². The van der Waals surface area contributed by atoms with E-state index in [1.807, 2.05) is 14.1 Å². The van der Waals surface area contributed by atoms with Crippen molar-refractivity contribution in [2.75, 3.05) is 31.0 Å². The van der Waals surface area contributed by atoms with Crippen LogP contribution in [0.2, 0.25) is 0 Å². The Morgan fingerprint density at radius 2 is 2.15 bits per heavy atom. The first-order valence-electron chi connectivity index (χ1n) is 8.81. The SMILES string of the molecule is CCCCC[C@@H](CN(O)C=O)C(=O)NNc1nc(N(C)C)c2nc[nH]c2n1. The number of carbonyl (C=O) groups is 2. The van der Waals surface area contributed by atoms with E-state index in [1.165, 1.54) is 6.33 Å². The summed E-state index contributed by atoms with van der Waals surface area (Å²) in [6.45, 7) is 1.98. The summed E-state index contributed by atoms with van der Waals surface area (Å²) in [6, 6.07) is 0. The zero-order valence-corrected chi connectivity index (χ0v) is 15.8. The van der Waals surface area contributed by atoms with Crippen LogP contribution >= 0.6 is 0 Å². The van der Waals surface area contributed by atoms with Gasteiger partial charge in [-0.1, -0.05) is 26.2 Å². The lowest BCUT2D eigenvalue weighted by Gasteiger charge is -2.20. The van der Waals surface area contributed by atoms with Gasteiger partial charge in [-0.25, -0.2) is 10.0 Å². The molecule has 1 atom stereocenters. The number of amides is 2. The van der Waals surface area contributed by atoms with Gasteiger partial charge in [0.1, 0.15) is 0 Å². The lowest BCUT2D eigenvalue weighted by molar-refractivity contribution is -0.154. The van der Waals surface area contributed by atoms with Gasteiger partial charge in [-0.3, -0.25) is 25.6 Å². The van der Waals surface area contributed by atoms with Crippen molar-refractivity contribution in [3.63, 3.8) is 0 Å². The zero-order chi connectivity index (χ0) is 19.8. The number of unbranched alkanes of at least 4 members (excludes halogenated alkanes) is 2. The number of carbonyl (C=O) groups excluding carboxylic acids is 2. The van der Waals surface area contributed by atoms with E-state index in [0.29, 0.717) is 28.5 Å². The Bertz CT molecular complexity index is 763. The topological polar surface area (TPSA) is 139 Å². The maximum absolute atomic E-state index is 12.5.